The van der Waals surface area contributed by atoms with Gasteiger partial charge in [0.15, 0.2) is 0 Å². The minimum Gasteiger partial charge on any atom is -0.467 e. The van der Waals surface area contributed by atoms with Crippen LogP contribution in [0.3, 0.4) is 0 Å². The number of aryl methyl sites for hydroxylation is 1. The number of rotatable bonds is 7. The van der Waals surface area contributed by atoms with Gasteiger partial charge in [-0.15, -0.1) is 0 Å². The predicted molar refractivity (Wildman–Crippen MR) is 106 cm³/mol. The van der Waals surface area contributed by atoms with Gasteiger partial charge in [0, 0.05) is 45.0 Å². The summed E-state index contributed by atoms with van der Waals surface area (Å²) in [7, 11) is 0. The van der Waals surface area contributed by atoms with Gasteiger partial charge in [-0.1, -0.05) is 12.1 Å². The van der Waals surface area contributed by atoms with E-state index in [1.807, 2.05) is 17.0 Å². The minimum atomic E-state index is 0.0154. The Kier molecular flexibility index (Phi) is 6.76. The van der Waals surface area contributed by atoms with Crippen LogP contribution in [0.5, 0.6) is 0 Å². The Morgan fingerprint density at radius 1 is 1.15 bits per heavy atom. The maximum absolute atomic E-state index is 12.3. The van der Waals surface area contributed by atoms with Gasteiger partial charge in [0.05, 0.1) is 6.26 Å². The van der Waals surface area contributed by atoms with Gasteiger partial charge in [-0.3, -0.25) is 0 Å². The summed E-state index contributed by atoms with van der Waals surface area (Å²) in [5.74, 6) is 0.820. The van der Waals surface area contributed by atoms with Gasteiger partial charge < -0.3 is 24.3 Å². The van der Waals surface area contributed by atoms with E-state index in [9.17, 15) is 4.79 Å². The number of ether oxygens (including phenoxy) is 1. The van der Waals surface area contributed by atoms with Crippen LogP contribution in [-0.4, -0.2) is 50.3 Å². The lowest BCUT2D eigenvalue weighted by molar-refractivity contribution is 0.104. The maximum atomic E-state index is 12.3. The van der Waals surface area contributed by atoms with Crippen molar-refractivity contribution in [3.05, 3.63) is 53.5 Å². The van der Waals surface area contributed by atoms with Crippen molar-refractivity contribution < 1.29 is 13.9 Å². The largest absolute Gasteiger partial charge is 0.467 e. The molecule has 2 heterocycles. The molecule has 1 aliphatic rings. The van der Waals surface area contributed by atoms with Gasteiger partial charge in [0.1, 0.15) is 12.4 Å². The minimum absolute atomic E-state index is 0.0154. The smallest absolute Gasteiger partial charge is 0.317 e. The van der Waals surface area contributed by atoms with Gasteiger partial charge in [-0.25, -0.2) is 4.79 Å². The molecule has 0 spiro atoms. The number of hydrogen-bond acceptors (Lipinski definition) is 4. The lowest BCUT2D eigenvalue weighted by Gasteiger charge is -2.37. The number of carbonyl (C=O) groups excluding carboxylic acids is 1. The van der Waals surface area contributed by atoms with E-state index in [1.165, 1.54) is 16.8 Å². The molecular weight excluding hydrogens is 342 g/mol. The first kappa shape index (κ1) is 19.3. The van der Waals surface area contributed by atoms with Crippen LogP contribution >= 0.6 is 0 Å². The summed E-state index contributed by atoms with van der Waals surface area (Å²) in [4.78, 5) is 16.6. The highest BCUT2D eigenvalue weighted by Gasteiger charge is 2.21. The van der Waals surface area contributed by atoms with Crippen LogP contribution in [0.25, 0.3) is 0 Å². The molecule has 27 heavy (non-hydrogen) atoms. The maximum Gasteiger partial charge on any atom is 0.317 e. The predicted octanol–water partition coefficient (Wildman–Crippen LogP) is 3.33. The van der Waals surface area contributed by atoms with Crippen molar-refractivity contribution in [2.45, 2.75) is 26.9 Å². The molecule has 0 aliphatic carbocycles. The van der Waals surface area contributed by atoms with Crippen LogP contribution < -0.4 is 10.2 Å². The van der Waals surface area contributed by atoms with Crippen molar-refractivity contribution in [1.82, 2.24) is 10.2 Å². The average molecular weight is 371 g/mol. The van der Waals surface area contributed by atoms with Crippen LogP contribution in [0.4, 0.5) is 10.5 Å². The molecule has 0 saturated carbocycles. The number of anilines is 1. The number of urea groups is 1. The van der Waals surface area contributed by atoms with E-state index in [2.05, 4.69) is 42.3 Å². The molecule has 1 saturated heterocycles. The highest BCUT2D eigenvalue weighted by molar-refractivity contribution is 5.74. The molecule has 2 aromatic rings. The molecule has 0 unspecified atom stereocenters. The Bertz CT molecular complexity index is 722. The fourth-order valence-corrected chi connectivity index (χ4v) is 3.28. The van der Waals surface area contributed by atoms with Crippen LogP contribution in [0.2, 0.25) is 0 Å². The molecule has 1 aliphatic heterocycles. The van der Waals surface area contributed by atoms with Gasteiger partial charge in [-0.2, -0.15) is 0 Å². The first-order chi connectivity index (χ1) is 13.1. The summed E-state index contributed by atoms with van der Waals surface area (Å²) in [6, 6.07) is 10.2. The Morgan fingerprint density at radius 2 is 1.96 bits per heavy atom. The summed E-state index contributed by atoms with van der Waals surface area (Å²) < 4.78 is 10.7. The normalized spacial score (nSPS) is 14.4. The molecule has 3 rings (SSSR count). The molecular formula is C21H29N3O3. The number of amides is 2. The quantitative estimate of drug-likeness (QED) is 0.759. The van der Waals surface area contributed by atoms with Crippen LogP contribution in [0.15, 0.2) is 41.0 Å². The molecule has 1 aromatic heterocycles. The molecule has 0 bridgehead atoms. The number of hydrogen-bond donors (Lipinski definition) is 1. The zero-order valence-electron chi connectivity index (χ0n) is 16.2. The second-order valence-corrected chi connectivity index (χ2v) is 6.91. The molecule has 146 valence electrons. The van der Waals surface area contributed by atoms with Gasteiger partial charge in [0.25, 0.3) is 0 Å². The van der Waals surface area contributed by atoms with Gasteiger partial charge >= 0.3 is 6.03 Å². The number of nitrogens with one attached hydrogen (secondary N) is 1. The standard InChI is InChI=1S/C21H29N3O3/c1-17-6-3-8-20(18(17)2)23-10-12-24(13-11-23)21(25)22-9-5-14-26-16-19-7-4-15-27-19/h3-4,6-8,15H,5,9-14,16H2,1-2H3,(H,22,25). The monoisotopic (exact) mass is 371 g/mol. The summed E-state index contributed by atoms with van der Waals surface area (Å²) in [5, 5.41) is 2.99. The lowest BCUT2D eigenvalue weighted by Crippen LogP contribution is -2.52. The molecule has 0 radical (unpaired) electrons. The Balaban J connectivity index is 1.33. The van der Waals surface area contributed by atoms with E-state index < -0.39 is 0 Å². The summed E-state index contributed by atoms with van der Waals surface area (Å²) >= 11 is 0. The van der Waals surface area contributed by atoms with Crippen molar-refractivity contribution in [3.63, 3.8) is 0 Å². The third-order valence-corrected chi connectivity index (χ3v) is 5.05. The first-order valence-corrected chi connectivity index (χ1v) is 9.59. The summed E-state index contributed by atoms with van der Waals surface area (Å²) in [5.41, 5.74) is 3.91. The van der Waals surface area contributed by atoms with Gasteiger partial charge in [0.2, 0.25) is 0 Å². The van der Waals surface area contributed by atoms with Crippen LogP contribution in [-0.2, 0) is 11.3 Å². The second-order valence-electron chi connectivity index (χ2n) is 6.91. The Morgan fingerprint density at radius 3 is 2.70 bits per heavy atom. The number of carbonyl (C=O) groups is 1. The highest BCUT2D eigenvalue weighted by Crippen LogP contribution is 2.23. The number of benzene rings is 1. The summed E-state index contributed by atoms with van der Waals surface area (Å²) in [6.45, 7) is 9.21. The first-order valence-electron chi connectivity index (χ1n) is 9.59. The number of piperazine rings is 1. The molecule has 1 N–H and O–H groups in total. The van der Waals surface area contributed by atoms with Gasteiger partial charge in [-0.05, 0) is 49.6 Å². The van der Waals surface area contributed by atoms with E-state index in [0.717, 1.165) is 38.4 Å². The van der Waals surface area contributed by atoms with Crippen molar-refractivity contribution in [2.24, 2.45) is 0 Å². The molecule has 6 heteroatoms. The topological polar surface area (TPSA) is 58.0 Å². The van der Waals surface area contributed by atoms with Crippen molar-refractivity contribution >= 4 is 11.7 Å². The van der Waals surface area contributed by atoms with Crippen molar-refractivity contribution in [3.8, 4) is 0 Å². The van der Waals surface area contributed by atoms with E-state index in [4.69, 9.17) is 9.15 Å². The number of furan rings is 1. The van der Waals surface area contributed by atoms with E-state index in [-0.39, 0.29) is 6.03 Å². The molecule has 1 fully saturated rings. The third kappa shape index (κ3) is 5.26. The van der Waals surface area contributed by atoms with Crippen molar-refractivity contribution in [1.29, 1.82) is 0 Å². The molecule has 0 atom stereocenters. The summed E-state index contributed by atoms with van der Waals surface area (Å²) in [6.07, 6.45) is 2.42. The van der Waals surface area contributed by atoms with E-state index >= 15 is 0 Å². The Hall–Kier alpha value is -2.47. The lowest BCUT2D eigenvalue weighted by atomic mass is 10.1. The van der Waals surface area contributed by atoms with Crippen LogP contribution in [0, 0.1) is 13.8 Å². The fourth-order valence-electron chi connectivity index (χ4n) is 3.28. The highest BCUT2D eigenvalue weighted by atomic mass is 16.5. The third-order valence-electron chi connectivity index (χ3n) is 5.05. The van der Waals surface area contributed by atoms with Crippen LogP contribution in [0.1, 0.15) is 23.3 Å². The fraction of sp³-hybridized carbons (Fsp3) is 0.476. The Labute approximate surface area is 161 Å². The zero-order valence-corrected chi connectivity index (χ0v) is 16.2. The zero-order chi connectivity index (χ0) is 19.1. The van der Waals surface area contributed by atoms with Crippen molar-refractivity contribution in [2.75, 3.05) is 44.2 Å². The second kappa shape index (κ2) is 9.46. The molecule has 1 aromatic carbocycles. The average Bonchev–Trinajstić information content (AvgIpc) is 3.20. The number of nitrogens with zero attached hydrogens (tertiary/aromatic N) is 2. The molecule has 6 nitrogen and oxygen atoms in total. The molecule has 2 amide bonds. The van der Waals surface area contributed by atoms with E-state index in [1.54, 1.807) is 6.26 Å². The SMILES string of the molecule is Cc1cccc(N2CCN(C(=O)NCCCOCc3ccco3)CC2)c1C. The van der Waals surface area contributed by atoms with E-state index in [0.29, 0.717) is 19.8 Å².